The number of carbonyl (C=O) groups is 2. The summed E-state index contributed by atoms with van der Waals surface area (Å²) in [6.45, 7) is 5.28. The molecule has 2 heterocycles. The normalized spacial score (nSPS) is 22.5. The number of benzene rings is 1. The number of likely N-dealkylation sites (tertiary alicyclic amines) is 1. The first-order chi connectivity index (χ1) is 11.7. The van der Waals surface area contributed by atoms with E-state index in [0.717, 1.165) is 38.9 Å². The van der Waals surface area contributed by atoms with Gasteiger partial charge in [0.15, 0.2) is 0 Å². The molecule has 2 unspecified atom stereocenters. The second-order valence-electron chi connectivity index (χ2n) is 6.96. The minimum atomic E-state index is -0.0650. The van der Waals surface area contributed by atoms with Gasteiger partial charge in [-0.15, -0.1) is 0 Å². The average Bonchev–Trinajstić information content (AvgIpc) is 2.58. The molecule has 0 spiro atoms. The summed E-state index contributed by atoms with van der Waals surface area (Å²) in [6, 6.07) is 9.36. The third-order valence-corrected chi connectivity index (χ3v) is 5.35. The Morgan fingerprint density at radius 1 is 1.25 bits per heavy atom. The van der Waals surface area contributed by atoms with Crippen molar-refractivity contribution in [2.24, 2.45) is 11.8 Å². The molecule has 0 bridgehead atoms. The molecule has 3 rings (SSSR count). The summed E-state index contributed by atoms with van der Waals surface area (Å²) in [4.78, 5) is 27.1. The third-order valence-electron chi connectivity index (χ3n) is 5.35. The predicted octanol–water partition coefficient (Wildman–Crippen LogP) is 1.65. The zero-order valence-corrected chi connectivity index (χ0v) is 14.3. The van der Waals surface area contributed by atoms with E-state index in [0.29, 0.717) is 18.0 Å². The number of hydrogen-bond acceptors (Lipinski definition) is 3. The first kappa shape index (κ1) is 17.0. The van der Waals surface area contributed by atoms with Gasteiger partial charge in [-0.2, -0.15) is 0 Å². The number of hydrogen-bond donors (Lipinski definition) is 2. The smallest absolute Gasteiger partial charge is 0.251 e. The number of carbonyl (C=O) groups excluding carboxylic acids is 2. The number of amides is 2. The van der Waals surface area contributed by atoms with Crippen LogP contribution in [-0.4, -0.2) is 48.9 Å². The summed E-state index contributed by atoms with van der Waals surface area (Å²) in [5.41, 5.74) is 0.667. The molecule has 2 atom stereocenters. The van der Waals surface area contributed by atoms with Crippen molar-refractivity contribution in [2.75, 3.05) is 26.2 Å². The van der Waals surface area contributed by atoms with E-state index in [1.165, 1.54) is 0 Å². The van der Waals surface area contributed by atoms with E-state index >= 15 is 0 Å². The molecule has 2 aliphatic rings. The summed E-state index contributed by atoms with van der Waals surface area (Å²) < 4.78 is 0. The van der Waals surface area contributed by atoms with E-state index in [-0.39, 0.29) is 23.8 Å². The van der Waals surface area contributed by atoms with Gasteiger partial charge in [-0.25, -0.2) is 0 Å². The lowest BCUT2D eigenvalue weighted by atomic mass is 9.86. The molecule has 0 aromatic heterocycles. The molecule has 0 aliphatic carbocycles. The summed E-state index contributed by atoms with van der Waals surface area (Å²) in [6.07, 6.45) is 3.15. The van der Waals surface area contributed by atoms with Crippen molar-refractivity contribution >= 4 is 11.8 Å². The molecule has 2 fully saturated rings. The highest BCUT2D eigenvalue weighted by Crippen LogP contribution is 2.24. The second-order valence-corrected chi connectivity index (χ2v) is 6.96. The standard InChI is InChI=1S/C19H27N3O2/c1-14(16-11-20-12-16)19(24)22-10-6-5-9-17(22)13-21-18(23)15-7-3-2-4-8-15/h2-4,7-8,14,16-17,20H,5-6,9-13H2,1H3,(H,21,23). The average molecular weight is 329 g/mol. The van der Waals surface area contributed by atoms with Crippen molar-refractivity contribution in [3.8, 4) is 0 Å². The van der Waals surface area contributed by atoms with Crippen LogP contribution in [0.5, 0.6) is 0 Å². The van der Waals surface area contributed by atoms with Gasteiger partial charge in [-0.1, -0.05) is 25.1 Å². The minimum Gasteiger partial charge on any atom is -0.350 e. The zero-order valence-electron chi connectivity index (χ0n) is 14.3. The number of nitrogens with one attached hydrogen (secondary N) is 2. The Hall–Kier alpha value is -1.88. The molecular formula is C19H27N3O2. The zero-order chi connectivity index (χ0) is 16.9. The second kappa shape index (κ2) is 7.79. The van der Waals surface area contributed by atoms with Crippen LogP contribution in [0.2, 0.25) is 0 Å². The van der Waals surface area contributed by atoms with Crippen molar-refractivity contribution in [1.29, 1.82) is 0 Å². The van der Waals surface area contributed by atoms with Crippen molar-refractivity contribution in [3.05, 3.63) is 35.9 Å². The van der Waals surface area contributed by atoms with Gasteiger partial charge in [0.05, 0.1) is 0 Å². The molecule has 24 heavy (non-hydrogen) atoms. The van der Waals surface area contributed by atoms with E-state index in [9.17, 15) is 9.59 Å². The van der Waals surface area contributed by atoms with Gasteiger partial charge in [0.1, 0.15) is 0 Å². The largest absolute Gasteiger partial charge is 0.350 e. The van der Waals surface area contributed by atoms with Crippen LogP contribution in [0.15, 0.2) is 30.3 Å². The first-order valence-corrected chi connectivity index (χ1v) is 9.01. The molecule has 1 aromatic carbocycles. The molecule has 5 heteroatoms. The summed E-state index contributed by atoms with van der Waals surface area (Å²) in [7, 11) is 0. The predicted molar refractivity (Wildman–Crippen MR) is 93.7 cm³/mol. The van der Waals surface area contributed by atoms with Crippen LogP contribution in [0.3, 0.4) is 0 Å². The van der Waals surface area contributed by atoms with Crippen molar-refractivity contribution in [2.45, 2.75) is 32.2 Å². The van der Waals surface area contributed by atoms with Crippen LogP contribution in [0.1, 0.15) is 36.5 Å². The van der Waals surface area contributed by atoms with Crippen molar-refractivity contribution < 1.29 is 9.59 Å². The molecule has 0 radical (unpaired) electrons. The fourth-order valence-corrected chi connectivity index (χ4v) is 3.53. The molecule has 2 N–H and O–H groups in total. The number of piperidine rings is 1. The quantitative estimate of drug-likeness (QED) is 0.863. The molecule has 2 aliphatic heterocycles. The van der Waals surface area contributed by atoms with Gasteiger partial charge in [-0.3, -0.25) is 9.59 Å². The van der Waals surface area contributed by atoms with E-state index in [2.05, 4.69) is 10.6 Å². The fraction of sp³-hybridized carbons (Fsp3) is 0.579. The molecule has 5 nitrogen and oxygen atoms in total. The van der Waals surface area contributed by atoms with E-state index < -0.39 is 0 Å². The Kier molecular flexibility index (Phi) is 5.51. The maximum Gasteiger partial charge on any atom is 0.251 e. The molecule has 2 amide bonds. The maximum absolute atomic E-state index is 12.8. The lowest BCUT2D eigenvalue weighted by Gasteiger charge is -2.40. The van der Waals surface area contributed by atoms with E-state index in [1.807, 2.05) is 42.2 Å². The van der Waals surface area contributed by atoms with E-state index in [1.54, 1.807) is 0 Å². The molecule has 2 saturated heterocycles. The van der Waals surface area contributed by atoms with Gasteiger partial charge in [0.2, 0.25) is 5.91 Å². The third kappa shape index (κ3) is 3.78. The Morgan fingerprint density at radius 3 is 2.67 bits per heavy atom. The topological polar surface area (TPSA) is 61.4 Å². The minimum absolute atomic E-state index is 0.0650. The maximum atomic E-state index is 12.8. The number of rotatable bonds is 5. The van der Waals surface area contributed by atoms with Crippen molar-refractivity contribution in [1.82, 2.24) is 15.5 Å². The first-order valence-electron chi connectivity index (χ1n) is 9.01. The highest BCUT2D eigenvalue weighted by atomic mass is 16.2. The number of nitrogens with zero attached hydrogens (tertiary/aromatic N) is 1. The van der Waals surface area contributed by atoms with Gasteiger partial charge < -0.3 is 15.5 Å². The fourth-order valence-electron chi connectivity index (χ4n) is 3.53. The van der Waals surface area contributed by atoms with Crippen LogP contribution in [0, 0.1) is 11.8 Å². The van der Waals surface area contributed by atoms with Gasteiger partial charge >= 0.3 is 0 Å². The molecular weight excluding hydrogens is 302 g/mol. The van der Waals surface area contributed by atoms with Crippen LogP contribution >= 0.6 is 0 Å². The SMILES string of the molecule is CC(C(=O)N1CCCCC1CNC(=O)c1ccccc1)C1CNC1. The van der Waals surface area contributed by atoms with E-state index in [4.69, 9.17) is 0 Å². The van der Waals surface area contributed by atoms with Crippen LogP contribution < -0.4 is 10.6 Å². The Bertz CT molecular complexity index is 571. The van der Waals surface area contributed by atoms with Crippen LogP contribution in [0.25, 0.3) is 0 Å². The van der Waals surface area contributed by atoms with Crippen LogP contribution in [-0.2, 0) is 4.79 Å². The Labute approximate surface area is 143 Å². The van der Waals surface area contributed by atoms with Gasteiger partial charge in [0, 0.05) is 30.6 Å². The summed E-state index contributed by atoms with van der Waals surface area (Å²) in [5.74, 6) is 0.709. The molecule has 130 valence electrons. The summed E-state index contributed by atoms with van der Waals surface area (Å²) >= 11 is 0. The highest BCUT2D eigenvalue weighted by molar-refractivity contribution is 5.94. The molecule has 1 aromatic rings. The van der Waals surface area contributed by atoms with Gasteiger partial charge in [0.25, 0.3) is 5.91 Å². The summed E-state index contributed by atoms with van der Waals surface area (Å²) in [5, 5.41) is 6.25. The lowest BCUT2D eigenvalue weighted by Crippen LogP contribution is -2.55. The highest BCUT2D eigenvalue weighted by Gasteiger charge is 2.35. The molecule has 0 saturated carbocycles. The Morgan fingerprint density at radius 2 is 2.00 bits per heavy atom. The van der Waals surface area contributed by atoms with Crippen molar-refractivity contribution in [3.63, 3.8) is 0 Å². The lowest BCUT2D eigenvalue weighted by molar-refractivity contribution is -0.141. The van der Waals surface area contributed by atoms with Gasteiger partial charge in [-0.05, 0) is 50.4 Å². The van der Waals surface area contributed by atoms with Crippen LogP contribution in [0.4, 0.5) is 0 Å². The monoisotopic (exact) mass is 329 g/mol. The Balaban J connectivity index is 1.58.